The molecule has 0 aliphatic carbocycles. The number of ether oxygens (including phenoxy) is 1. The van der Waals surface area contributed by atoms with E-state index in [1.807, 2.05) is 0 Å². The minimum Gasteiger partial charge on any atom is -0.435 e. The number of rotatable bonds is 8. The predicted octanol–water partition coefficient (Wildman–Crippen LogP) is 3.13. The van der Waals surface area contributed by atoms with Crippen LogP contribution in [0.15, 0.2) is 33.9 Å². The van der Waals surface area contributed by atoms with Crippen LogP contribution in [0.4, 0.5) is 8.78 Å². The van der Waals surface area contributed by atoms with Gasteiger partial charge in [-0.25, -0.2) is 4.68 Å². The van der Waals surface area contributed by atoms with Crippen LogP contribution >= 0.6 is 11.8 Å². The van der Waals surface area contributed by atoms with E-state index in [-0.39, 0.29) is 5.75 Å². The fourth-order valence-electron chi connectivity index (χ4n) is 2.27. The van der Waals surface area contributed by atoms with Gasteiger partial charge in [-0.1, -0.05) is 30.8 Å². The van der Waals surface area contributed by atoms with Gasteiger partial charge in [0.1, 0.15) is 5.75 Å². The van der Waals surface area contributed by atoms with Gasteiger partial charge in [-0.3, -0.25) is 0 Å². The summed E-state index contributed by atoms with van der Waals surface area (Å²) in [5.74, 6) is 8.50. The maximum atomic E-state index is 12.2. The highest BCUT2D eigenvalue weighted by atomic mass is 32.2. The maximum Gasteiger partial charge on any atom is 0.387 e. The summed E-state index contributed by atoms with van der Waals surface area (Å²) in [7, 11) is 0. The number of nitrogen functional groups attached to an aromatic ring is 1. The lowest BCUT2D eigenvalue weighted by molar-refractivity contribution is -0.0498. The fraction of sp³-hybridized carbons (Fsp3) is 0.375. The average molecular weight is 396 g/mol. The van der Waals surface area contributed by atoms with Crippen molar-refractivity contribution >= 4 is 11.8 Å². The van der Waals surface area contributed by atoms with Crippen LogP contribution in [-0.2, 0) is 12.2 Å². The van der Waals surface area contributed by atoms with Crippen LogP contribution in [0.5, 0.6) is 5.75 Å². The largest absolute Gasteiger partial charge is 0.435 e. The molecule has 0 aliphatic heterocycles. The number of hydrogen-bond donors (Lipinski definition) is 1. The third-order valence-electron chi connectivity index (χ3n) is 3.43. The van der Waals surface area contributed by atoms with Gasteiger partial charge >= 0.3 is 6.61 Å². The molecule has 0 bridgehead atoms. The lowest BCUT2D eigenvalue weighted by Gasteiger charge is -2.06. The Balaban J connectivity index is 1.65. The number of thioether (sulfide) groups is 1. The first kappa shape index (κ1) is 19.1. The molecule has 2 heterocycles. The molecule has 2 aromatic heterocycles. The van der Waals surface area contributed by atoms with Crippen LogP contribution in [0.2, 0.25) is 0 Å². The van der Waals surface area contributed by atoms with E-state index in [0.717, 1.165) is 6.42 Å². The van der Waals surface area contributed by atoms with Gasteiger partial charge in [0, 0.05) is 12.0 Å². The van der Waals surface area contributed by atoms with E-state index in [2.05, 4.69) is 38.9 Å². The zero-order valence-electron chi connectivity index (χ0n) is 14.7. The summed E-state index contributed by atoms with van der Waals surface area (Å²) in [6.07, 6.45) is 0.722. The van der Waals surface area contributed by atoms with Crippen molar-refractivity contribution in [1.82, 2.24) is 25.0 Å². The number of nitrogens with two attached hydrogens (primary N) is 1. The van der Waals surface area contributed by atoms with Gasteiger partial charge in [-0.2, -0.15) is 13.8 Å². The van der Waals surface area contributed by atoms with Crippen LogP contribution in [0.3, 0.4) is 0 Å². The van der Waals surface area contributed by atoms with Crippen LogP contribution in [0, 0.1) is 5.92 Å². The number of nitrogens with zero attached hydrogens (tertiary/aromatic N) is 5. The highest BCUT2D eigenvalue weighted by molar-refractivity contribution is 7.98. The lowest BCUT2D eigenvalue weighted by atomic mass is 10.1. The predicted molar refractivity (Wildman–Crippen MR) is 94.6 cm³/mol. The molecule has 3 rings (SSSR count). The zero-order chi connectivity index (χ0) is 19.4. The summed E-state index contributed by atoms with van der Waals surface area (Å²) in [6, 6.07) is 5.99. The molecule has 2 N–H and O–H groups in total. The van der Waals surface area contributed by atoms with Crippen molar-refractivity contribution in [3.8, 4) is 17.1 Å². The topological polar surface area (TPSA) is 105 Å². The first-order valence-electron chi connectivity index (χ1n) is 8.12. The van der Waals surface area contributed by atoms with Crippen molar-refractivity contribution in [2.24, 2.45) is 5.92 Å². The van der Waals surface area contributed by atoms with E-state index in [0.29, 0.717) is 39.9 Å². The highest BCUT2D eigenvalue weighted by Crippen LogP contribution is 2.25. The summed E-state index contributed by atoms with van der Waals surface area (Å²) in [5, 5.41) is 12.5. The number of benzene rings is 1. The van der Waals surface area contributed by atoms with Crippen LogP contribution in [0.1, 0.15) is 25.6 Å². The van der Waals surface area contributed by atoms with Gasteiger partial charge in [0.2, 0.25) is 11.0 Å². The number of alkyl halides is 2. The van der Waals surface area contributed by atoms with Gasteiger partial charge < -0.3 is 15.1 Å². The van der Waals surface area contributed by atoms with Crippen molar-refractivity contribution in [1.29, 1.82) is 0 Å². The SMILES string of the molecule is CC(C)Cc1nc(CSc2nnc(-c3ccc(OC(F)F)cc3)n2N)no1. The summed E-state index contributed by atoms with van der Waals surface area (Å²) in [5.41, 5.74) is 0.622. The second-order valence-corrected chi connectivity index (χ2v) is 7.01. The molecule has 144 valence electrons. The van der Waals surface area contributed by atoms with Gasteiger partial charge in [0.25, 0.3) is 0 Å². The smallest absolute Gasteiger partial charge is 0.387 e. The Bertz CT molecular complexity index is 881. The number of halogens is 2. The normalized spacial score (nSPS) is 11.5. The second-order valence-electron chi connectivity index (χ2n) is 6.07. The molecule has 0 spiro atoms. The Morgan fingerprint density at radius 1 is 1.22 bits per heavy atom. The Morgan fingerprint density at radius 3 is 2.63 bits per heavy atom. The minimum absolute atomic E-state index is 0.0562. The first-order valence-corrected chi connectivity index (χ1v) is 9.11. The molecule has 27 heavy (non-hydrogen) atoms. The Labute approximate surface area is 158 Å². The average Bonchev–Trinajstić information content (AvgIpc) is 3.19. The monoisotopic (exact) mass is 396 g/mol. The third kappa shape index (κ3) is 4.94. The quantitative estimate of drug-likeness (QED) is 0.457. The maximum absolute atomic E-state index is 12.2. The highest BCUT2D eigenvalue weighted by Gasteiger charge is 2.15. The molecule has 3 aromatic rings. The summed E-state index contributed by atoms with van der Waals surface area (Å²) >= 11 is 1.31. The third-order valence-corrected chi connectivity index (χ3v) is 4.36. The number of aromatic nitrogens is 5. The van der Waals surface area contributed by atoms with Crippen molar-refractivity contribution in [2.75, 3.05) is 5.84 Å². The zero-order valence-corrected chi connectivity index (χ0v) is 15.5. The van der Waals surface area contributed by atoms with E-state index in [1.54, 1.807) is 12.1 Å². The molecular formula is C16H18F2N6O2S. The Morgan fingerprint density at radius 2 is 1.96 bits per heavy atom. The molecule has 0 saturated carbocycles. The number of hydrogen-bond acceptors (Lipinski definition) is 8. The molecule has 0 aliphatic rings. The summed E-state index contributed by atoms with van der Waals surface area (Å²) in [6.45, 7) is 1.27. The van der Waals surface area contributed by atoms with Crippen molar-refractivity contribution in [3.63, 3.8) is 0 Å². The minimum atomic E-state index is -2.87. The van der Waals surface area contributed by atoms with E-state index in [9.17, 15) is 8.78 Å². The molecule has 0 radical (unpaired) electrons. The standard InChI is InChI=1S/C16H18F2N6O2S/c1-9(2)7-13-20-12(23-26-13)8-27-16-22-21-14(24(16)19)10-3-5-11(6-4-10)25-15(17)18/h3-6,9,15H,7-8,19H2,1-2H3. The van der Waals surface area contributed by atoms with E-state index in [4.69, 9.17) is 10.4 Å². The van der Waals surface area contributed by atoms with Crippen LogP contribution < -0.4 is 10.6 Å². The van der Waals surface area contributed by atoms with Crippen LogP contribution in [0.25, 0.3) is 11.4 Å². The molecule has 11 heteroatoms. The molecule has 0 fully saturated rings. The van der Waals surface area contributed by atoms with Crippen molar-refractivity contribution in [2.45, 2.75) is 37.8 Å². The Kier molecular flexibility index (Phi) is 5.89. The van der Waals surface area contributed by atoms with Crippen molar-refractivity contribution in [3.05, 3.63) is 36.0 Å². The Hall–Kier alpha value is -2.69. The van der Waals surface area contributed by atoms with Gasteiger partial charge in [0.05, 0.1) is 5.75 Å². The molecular weight excluding hydrogens is 378 g/mol. The molecule has 1 aromatic carbocycles. The second kappa shape index (κ2) is 8.33. The molecule has 0 saturated heterocycles. The van der Waals surface area contributed by atoms with E-state index < -0.39 is 6.61 Å². The summed E-state index contributed by atoms with van der Waals surface area (Å²) < 4.78 is 35.3. The first-order chi connectivity index (χ1) is 12.9. The molecule has 8 nitrogen and oxygen atoms in total. The van der Waals surface area contributed by atoms with Gasteiger partial charge in [-0.05, 0) is 30.2 Å². The van der Waals surface area contributed by atoms with E-state index in [1.165, 1.54) is 28.6 Å². The molecule has 0 unspecified atom stereocenters. The van der Waals surface area contributed by atoms with E-state index >= 15 is 0 Å². The molecule has 0 amide bonds. The molecule has 0 atom stereocenters. The van der Waals surface area contributed by atoms with Crippen LogP contribution in [-0.4, -0.2) is 31.6 Å². The summed E-state index contributed by atoms with van der Waals surface area (Å²) in [4.78, 5) is 4.32. The van der Waals surface area contributed by atoms with Crippen molar-refractivity contribution < 1.29 is 18.0 Å². The fourth-order valence-corrected chi connectivity index (χ4v) is 2.97. The van der Waals surface area contributed by atoms with Gasteiger partial charge in [0.15, 0.2) is 11.6 Å². The van der Waals surface area contributed by atoms with Gasteiger partial charge in [-0.15, -0.1) is 10.2 Å². The lowest BCUT2D eigenvalue weighted by Crippen LogP contribution is -2.11.